The second kappa shape index (κ2) is 8.22. The molecule has 0 aliphatic carbocycles. The van der Waals surface area contributed by atoms with Crippen molar-refractivity contribution in [3.8, 4) is 27.8 Å². The predicted octanol–water partition coefficient (Wildman–Crippen LogP) is 4.52. The molecule has 2 aromatic carbocycles. The van der Waals surface area contributed by atoms with Gasteiger partial charge in [0.05, 0.1) is 21.3 Å². The Morgan fingerprint density at radius 2 is 1.60 bits per heavy atom. The van der Waals surface area contributed by atoms with E-state index in [2.05, 4.69) is 22.3 Å². The third-order valence-corrected chi connectivity index (χ3v) is 5.70. The van der Waals surface area contributed by atoms with E-state index in [-0.39, 0.29) is 0 Å². The minimum absolute atomic E-state index is 0.567. The highest BCUT2D eigenvalue weighted by molar-refractivity contribution is 8.00. The van der Waals surface area contributed by atoms with E-state index in [9.17, 15) is 0 Å². The molecule has 130 valence electrons. The van der Waals surface area contributed by atoms with Crippen LogP contribution in [0.15, 0.2) is 46.8 Å². The summed E-state index contributed by atoms with van der Waals surface area (Å²) in [5.74, 6) is 2.64. The zero-order valence-corrected chi connectivity index (χ0v) is 15.8. The van der Waals surface area contributed by atoms with Gasteiger partial charge < -0.3 is 14.2 Å². The largest absolute Gasteiger partial charge is 0.493 e. The lowest BCUT2D eigenvalue weighted by Gasteiger charge is -2.13. The predicted molar refractivity (Wildman–Crippen MR) is 101 cm³/mol. The first-order chi connectivity index (χ1) is 12.2. The Kier molecular flexibility index (Phi) is 5.78. The highest BCUT2D eigenvalue weighted by Crippen LogP contribution is 2.42. The van der Waals surface area contributed by atoms with Gasteiger partial charge in [-0.05, 0) is 17.7 Å². The van der Waals surface area contributed by atoms with Gasteiger partial charge in [0.1, 0.15) is 5.01 Å². The summed E-state index contributed by atoms with van der Waals surface area (Å²) in [7, 11) is 4.79. The summed E-state index contributed by atoms with van der Waals surface area (Å²) in [6.45, 7) is 0. The van der Waals surface area contributed by atoms with E-state index in [0.29, 0.717) is 17.2 Å². The molecule has 0 aliphatic rings. The molecule has 25 heavy (non-hydrogen) atoms. The molecule has 7 heteroatoms. The van der Waals surface area contributed by atoms with E-state index in [1.165, 1.54) is 5.56 Å². The van der Waals surface area contributed by atoms with Gasteiger partial charge in [0, 0.05) is 11.3 Å². The minimum atomic E-state index is 0.567. The summed E-state index contributed by atoms with van der Waals surface area (Å²) in [4.78, 5) is 0. The Morgan fingerprint density at radius 1 is 0.920 bits per heavy atom. The van der Waals surface area contributed by atoms with Crippen LogP contribution in [0.1, 0.15) is 5.56 Å². The Hall–Kier alpha value is -2.25. The van der Waals surface area contributed by atoms with Gasteiger partial charge in [-0.25, -0.2) is 0 Å². The number of thioether (sulfide) groups is 1. The van der Waals surface area contributed by atoms with Crippen molar-refractivity contribution >= 4 is 23.1 Å². The third kappa shape index (κ3) is 4.05. The van der Waals surface area contributed by atoms with Gasteiger partial charge in [0.25, 0.3) is 0 Å². The monoisotopic (exact) mass is 374 g/mol. The zero-order valence-electron chi connectivity index (χ0n) is 14.2. The van der Waals surface area contributed by atoms with Crippen molar-refractivity contribution in [1.29, 1.82) is 0 Å². The number of benzene rings is 2. The number of ether oxygens (including phenoxy) is 3. The van der Waals surface area contributed by atoms with Gasteiger partial charge in [0.15, 0.2) is 15.8 Å². The van der Waals surface area contributed by atoms with E-state index >= 15 is 0 Å². The van der Waals surface area contributed by atoms with Crippen molar-refractivity contribution in [1.82, 2.24) is 10.2 Å². The van der Waals surface area contributed by atoms with Crippen molar-refractivity contribution in [2.45, 2.75) is 10.1 Å². The van der Waals surface area contributed by atoms with E-state index in [4.69, 9.17) is 14.2 Å². The highest BCUT2D eigenvalue weighted by atomic mass is 32.2. The van der Waals surface area contributed by atoms with Gasteiger partial charge in [-0.2, -0.15) is 0 Å². The second-order valence-electron chi connectivity index (χ2n) is 5.06. The quantitative estimate of drug-likeness (QED) is 0.567. The number of aromatic nitrogens is 2. The first-order valence-electron chi connectivity index (χ1n) is 7.55. The maximum absolute atomic E-state index is 5.40. The Balaban J connectivity index is 1.82. The van der Waals surface area contributed by atoms with Crippen molar-refractivity contribution in [2.24, 2.45) is 0 Å². The summed E-state index contributed by atoms with van der Waals surface area (Å²) in [5.41, 5.74) is 2.15. The number of nitrogens with zero attached hydrogens (tertiary/aromatic N) is 2. The fraction of sp³-hybridized carbons (Fsp3) is 0.222. The summed E-state index contributed by atoms with van der Waals surface area (Å²) in [6, 6.07) is 14.1. The van der Waals surface area contributed by atoms with Gasteiger partial charge in [0.2, 0.25) is 5.75 Å². The van der Waals surface area contributed by atoms with E-state index in [1.807, 2.05) is 30.3 Å². The number of methoxy groups -OCH3 is 3. The first-order valence-corrected chi connectivity index (χ1v) is 9.36. The molecule has 3 aromatic rings. The van der Waals surface area contributed by atoms with E-state index < -0.39 is 0 Å². The third-order valence-electron chi connectivity index (χ3n) is 3.52. The van der Waals surface area contributed by atoms with Crippen LogP contribution in [0.4, 0.5) is 0 Å². The molecule has 5 nitrogen and oxygen atoms in total. The van der Waals surface area contributed by atoms with Crippen molar-refractivity contribution in [3.05, 3.63) is 48.0 Å². The first kappa shape index (κ1) is 17.6. The number of hydrogen-bond donors (Lipinski definition) is 0. The topological polar surface area (TPSA) is 53.5 Å². The van der Waals surface area contributed by atoms with Crippen LogP contribution in [-0.2, 0) is 5.75 Å². The van der Waals surface area contributed by atoms with Crippen LogP contribution in [0.2, 0.25) is 0 Å². The van der Waals surface area contributed by atoms with Crippen LogP contribution in [0.3, 0.4) is 0 Å². The van der Waals surface area contributed by atoms with E-state index in [0.717, 1.165) is 20.7 Å². The molecule has 0 radical (unpaired) electrons. The Bertz CT molecular complexity index is 812. The molecule has 1 aromatic heterocycles. The molecule has 0 saturated heterocycles. The lowest BCUT2D eigenvalue weighted by molar-refractivity contribution is 0.324. The van der Waals surface area contributed by atoms with Gasteiger partial charge >= 0.3 is 0 Å². The molecule has 0 aliphatic heterocycles. The molecule has 0 unspecified atom stereocenters. The summed E-state index contributed by atoms with van der Waals surface area (Å²) in [5, 5.41) is 9.40. The normalized spacial score (nSPS) is 10.5. The maximum atomic E-state index is 5.40. The Morgan fingerprint density at radius 3 is 2.20 bits per heavy atom. The summed E-state index contributed by atoms with van der Waals surface area (Å²) >= 11 is 3.22. The van der Waals surface area contributed by atoms with Crippen molar-refractivity contribution in [2.75, 3.05) is 21.3 Å². The molecular formula is C18H18N2O3S2. The molecule has 0 N–H and O–H groups in total. The van der Waals surface area contributed by atoms with Crippen LogP contribution >= 0.6 is 23.1 Å². The fourth-order valence-electron chi connectivity index (χ4n) is 2.31. The minimum Gasteiger partial charge on any atom is -0.493 e. The molecule has 1 heterocycles. The second-order valence-corrected chi connectivity index (χ2v) is 7.26. The van der Waals surface area contributed by atoms with Gasteiger partial charge in [-0.3, -0.25) is 0 Å². The molecule has 0 atom stereocenters. The summed E-state index contributed by atoms with van der Waals surface area (Å²) in [6.07, 6.45) is 0. The molecule has 0 spiro atoms. The molecule has 0 amide bonds. The molecule has 0 bridgehead atoms. The Labute approximate surface area is 155 Å². The molecular weight excluding hydrogens is 356 g/mol. The molecule has 0 saturated carbocycles. The SMILES string of the molecule is COc1cc(-c2nnc(SCc3ccccc3)s2)cc(OC)c1OC. The number of hydrogen-bond acceptors (Lipinski definition) is 7. The lowest BCUT2D eigenvalue weighted by Crippen LogP contribution is -1.95. The zero-order chi connectivity index (χ0) is 17.6. The summed E-state index contributed by atoms with van der Waals surface area (Å²) < 4.78 is 17.1. The lowest BCUT2D eigenvalue weighted by atomic mass is 10.2. The van der Waals surface area contributed by atoms with Crippen LogP contribution in [0.25, 0.3) is 10.6 Å². The van der Waals surface area contributed by atoms with Crippen LogP contribution in [-0.4, -0.2) is 31.5 Å². The van der Waals surface area contributed by atoms with Crippen LogP contribution in [0, 0.1) is 0 Å². The maximum Gasteiger partial charge on any atom is 0.203 e. The van der Waals surface area contributed by atoms with Crippen molar-refractivity contribution in [3.63, 3.8) is 0 Å². The van der Waals surface area contributed by atoms with Gasteiger partial charge in [-0.1, -0.05) is 53.4 Å². The van der Waals surface area contributed by atoms with Crippen LogP contribution in [0.5, 0.6) is 17.2 Å². The molecule has 0 fully saturated rings. The van der Waals surface area contributed by atoms with Crippen molar-refractivity contribution < 1.29 is 14.2 Å². The average molecular weight is 374 g/mol. The fourth-order valence-corrected chi connectivity index (χ4v) is 4.10. The average Bonchev–Trinajstić information content (AvgIpc) is 3.15. The van der Waals surface area contributed by atoms with Gasteiger partial charge in [-0.15, -0.1) is 10.2 Å². The molecule has 3 rings (SSSR count). The standard InChI is InChI=1S/C18H18N2O3S2/c1-21-14-9-13(10-15(22-2)16(14)23-3)17-19-20-18(25-17)24-11-12-7-5-4-6-8-12/h4-10H,11H2,1-3H3. The van der Waals surface area contributed by atoms with Crippen LogP contribution < -0.4 is 14.2 Å². The number of rotatable bonds is 7. The smallest absolute Gasteiger partial charge is 0.203 e. The highest BCUT2D eigenvalue weighted by Gasteiger charge is 2.16. The van der Waals surface area contributed by atoms with E-state index in [1.54, 1.807) is 44.4 Å².